The van der Waals surface area contributed by atoms with Gasteiger partial charge < -0.3 is 4.98 Å². The van der Waals surface area contributed by atoms with Crippen molar-refractivity contribution in [1.82, 2.24) is 4.98 Å². The Balaban J connectivity index is 1.98. The number of hydrogen-bond donors (Lipinski definition) is 1. The lowest BCUT2D eigenvalue weighted by molar-refractivity contribution is -0.137. The molecule has 0 aliphatic carbocycles. The monoisotopic (exact) mass is 311 g/mol. The van der Waals surface area contributed by atoms with Gasteiger partial charge in [0.05, 0.1) is 5.56 Å². The molecule has 1 aromatic heterocycles. The van der Waals surface area contributed by atoms with E-state index in [0.29, 0.717) is 22.2 Å². The number of hydrogen-bond acceptors (Lipinski definition) is 2. The van der Waals surface area contributed by atoms with Gasteiger partial charge in [0, 0.05) is 18.2 Å². The molecule has 0 unspecified atom stereocenters. The lowest BCUT2D eigenvalue weighted by atomic mass is 10.0. The SMILES string of the molecule is O=C(CCc1ccc(C(F)(F)F)cc1)c1ccc(=S)[nH]c1. The molecule has 21 heavy (non-hydrogen) atoms. The number of halogens is 3. The second-order valence-corrected chi connectivity index (χ2v) is 5.00. The van der Waals surface area contributed by atoms with Crippen molar-refractivity contribution in [3.8, 4) is 0 Å². The Morgan fingerprint density at radius 3 is 2.29 bits per heavy atom. The summed E-state index contributed by atoms with van der Waals surface area (Å²) in [6.07, 6.45) is -2.17. The zero-order valence-electron chi connectivity index (χ0n) is 10.9. The number of H-pyrrole nitrogens is 1. The maximum atomic E-state index is 12.4. The number of Topliss-reactive ketones (excluding diaryl/α,β-unsaturated/α-hetero) is 1. The van der Waals surface area contributed by atoms with Crippen LogP contribution in [0.4, 0.5) is 13.2 Å². The van der Waals surface area contributed by atoms with Crippen molar-refractivity contribution in [2.24, 2.45) is 0 Å². The lowest BCUT2D eigenvalue weighted by Gasteiger charge is -2.07. The van der Waals surface area contributed by atoms with Gasteiger partial charge in [0.25, 0.3) is 0 Å². The minimum Gasteiger partial charge on any atom is -0.352 e. The fraction of sp³-hybridized carbons (Fsp3) is 0.200. The Morgan fingerprint density at radius 1 is 1.10 bits per heavy atom. The van der Waals surface area contributed by atoms with Gasteiger partial charge in [-0.05, 0) is 36.2 Å². The van der Waals surface area contributed by atoms with E-state index in [-0.39, 0.29) is 12.2 Å². The van der Waals surface area contributed by atoms with Crippen LogP contribution in [-0.2, 0) is 12.6 Å². The van der Waals surface area contributed by atoms with Crippen LogP contribution >= 0.6 is 12.2 Å². The lowest BCUT2D eigenvalue weighted by Crippen LogP contribution is -2.05. The van der Waals surface area contributed by atoms with Gasteiger partial charge in [-0.1, -0.05) is 24.4 Å². The minimum atomic E-state index is -4.34. The molecule has 0 radical (unpaired) electrons. The molecule has 0 saturated heterocycles. The maximum Gasteiger partial charge on any atom is 0.416 e. The first-order chi connectivity index (χ1) is 9.86. The molecule has 0 atom stereocenters. The molecule has 0 amide bonds. The van der Waals surface area contributed by atoms with E-state index < -0.39 is 11.7 Å². The van der Waals surface area contributed by atoms with Crippen LogP contribution in [0, 0.1) is 4.64 Å². The van der Waals surface area contributed by atoms with E-state index in [0.717, 1.165) is 12.1 Å². The molecule has 110 valence electrons. The van der Waals surface area contributed by atoms with Crippen LogP contribution in [0.5, 0.6) is 0 Å². The van der Waals surface area contributed by atoms with Crippen molar-refractivity contribution >= 4 is 18.0 Å². The highest BCUT2D eigenvalue weighted by Gasteiger charge is 2.29. The Kier molecular flexibility index (Phi) is 4.57. The molecule has 2 aromatic rings. The van der Waals surface area contributed by atoms with E-state index in [1.54, 1.807) is 12.1 Å². The third-order valence-corrected chi connectivity index (χ3v) is 3.28. The van der Waals surface area contributed by atoms with E-state index >= 15 is 0 Å². The zero-order chi connectivity index (χ0) is 15.5. The maximum absolute atomic E-state index is 12.4. The number of ketones is 1. The highest BCUT2D eigenvalue weighted by atomic mass is 32.1. The number of aromatic nitrogens is 1. The zero-order valence-corrected chi connectivity index (χ0v) is 11.7. The Labute approximate surface area is 124 Å². The fourth-order valence-electron chi connectivity index (χ4n) is 1.85. The van der Waals surface area contributed by atoms with E-state index in [2.05, 4.69) is 4.98 Å². The van der Waals surface area contributed by atoms with Gasteiger partial charge in [-0.25, -0.2) is 0 Å². The predicted octanol–water partition coefficient (Wildman–Crippen LogP) is 4.58. The molecule has 2 nitrogen and oxygen atoms in total. The van der Waals surface area contributed by atoms with E-state index in [1.165, 1.54) is 18.3 Å². The first-order valence-corrected chi connectivity index (χ1v) is 6.65. The highest BCUT2D eigenvalue weighted by molar-refractivity contribution is 7.71. The predicted molar refractivity (Wildman–Crippen MR) is 75.7 cm³/mol. The van der Waals surface area contributed by atoms with Gasteiger partial charge in [0.15, 0.2) is 5.78 Å². The Bertz CT molecular complexity index is 669. The normalized spacial score (nSPS) is 11.4. The summed E-state index contributed by atoms with van der Waals surface area (Å²) in [5, 5.41) is 0. The van der Waals surface area contributed by atoms with Gasteiger partial charge in [-0.3, -0.25) is 4.79 Å². The second kappa shape index (κ2) is 6.22. The first kappa shape index (κ1) is 15.4. The fourth-order valence-corrected chi connectivity index (χ4v) is 1.97. The van der Waals surface area contributed by atoms with Crippen LogP contribution in [0.2, 0.25) is 0 Å². The molecule has 0 saturated carbocycles. The number of aromatic amines is 1. The number of benzene rings is 1. The van der Waals surface area contributed by atoms with Crippen molar-refractivity contribution in [1.29, 1.82) is 0 Å². The largest absolute Gasteiger partial charge is 0.416 e. The number of alkyl halides is 3. The molecule has 1 heterocycles. The summed E-state index contributed by atoms with van der Waals surface area (Å²) in [6, 6.07) is 8.11. The van der Waals surface area contributed by atoms with Crippen molar-refractivity contribution in [2.75, 3.05) is 0 Å². The third-order valence-electron chi connectivity index (χ3n) is 3.03. The Morgan fingerprint density at radius 2 is 1.76 bits per heavy atom. The van der Waals surface area contributed by atoms with Gasteiger partial charge in [0.2, 0.25) is 0 Å². The number of carbonyl (C=O) groups excluding carboxylic acids is 1. The van der Waals surface area contributed by atoms with Crippen LogP contribution < -0.4 is 0 Å². The van der Waals surface area contributed by atoms with Gasteiger partial charge in [-0.15, -0.1) is 0 Å². The van der Waals surface area contributed by atoms with Crippen molar-refractivity contribution in [3.63, 3.8) is 0 Å². The molecule has 0 aliphatic rings. The Hall–Kier alpha value is -1.95. The van der Waals surface area contributed by atoms with E-state index in [1.807, 2.05) is 0 Å². The molecular weight excluding hydrogens is 299 g/mol. The number of aryl methyl sites for hydroxylation is 1. The number of nitrogens with one attached hydrogen (secondary N) is 1. The molecule has 1 aromatic carbocycles. The van der Waals surface area contributed by atoms with Gasteiger partial charge in [-0.2, -0.15) is 13.2 Å². The van der Waals surface area contributed by atoms with Crippen LogP contribution in [0.25, 0.3) is 0 Å². The average Bonchev–Trinajstić information content (AvgIpc) is 2.45. The van der Waals surface area contributed by atoms with Gasteiger partial charge >= 0.3 is 6.18 Å². The van der Waals surface area contributed by atoms with Crippen LogP contribution in [0.3, 0.4) is 0 Å². The molecule has 1 N–H and O–H groups in total. The summed E-state index contributed by atoms with van der Waals surface area (Å²) < 4.78 is 37.8. The van der Waals surface area contributed by atoms with Crippen LogP contribution in [0.1, 0.15) is 27.9 Å². The number of pyridine rings is 1. The minimum absolute atomic E-state index is 0.0823. The van der Waals surface area contributed by atoms with Crippen molar-refractivity contribution in [2.45, 2.75) is 19.0 Å². The van der Waals surface area contributed by atoms with Crippen LogP contribution in [-0.4, -0.2) is 10.8 Å². The standard InChI is InChI=1S/C15H12F3NOS/c16-15(17,18)12-5-1-10(2-6-12)3-7-13(20)11-4-8-14(21)19-9-11/h1-2,4-6,8-9H,3,7H2,(H,19,21). The summed E-state index contributed by atoms with van der Waals surface area (Å²) in [7, 11) is 0. The molecule has 0 bridgehead atoms. The van der Waals surface area contributed by atoms with Gasteiger partial charge in [0.1, 0.15) is 4.64 Å². The smallest absolute Gasteiger partial charge is 0.352 e. The molecule has 6 heteroatoms. The topological polar surface area (TPSA) is 32.9 Å². The van der Waals surface area contributed by atoms with Crippen molar-refractivity contribution < 1.29 is 18.0 Å². The average molecular weight is 311 g/mol. The molecule has 2 rings (SSSR count). The summed E-state index contributed by atoms with van der Waals surface area (Å²) in [5.74, 6) is -0.0823. The van der Waals surface area contributed by atoms with Crippen LogP contribution in [0.15, 0.2) is 42.6 Å². The van der Waals surface area contributed by atoms with E-state index in [9.17, 15) is 18.0 Å². The third kappa shape index (κ3) is 4.26. The molecule has 0 spiro atoms. The first-order valence-electron chi connectivity index (χ1n) is 6.24. The number of rotatable bonds is 4. The molecule has 0 aliphatic heterocycles. The van der Waals surface area contributed by atoms with E-state index in [4.69, 9.17) is 12.2 Å². The summed E-state index contributed by atoms with van der Waals surface area (Å²) in [6.45, 7) is 0. The number of carbonyl (C=O) groups is 1. The summed E-state index contributed by atoms with van der Waals surface area (Å²) >= 11 is 4.88. The summed E-state index contributed by atoms with van der Waals surface area (Å²) in [4.78, 5) is 14.7. The van der Waals surface area contributed by atoms with Crippen molar-refractivity contribution in [3.05, 3.63) is 63.9 Å². The second-order valence-electron chi connectivity index (χ2n) is 4.56. The quantitative estimate of drug-likeness (QED) is 0.662. The highest BCUT2D eigenvalue weighted by Crippen LogP contribution is 2.29. The molecule has 0 fully saturated rings. The summed E-state index contributed by atoms with van der Waals surface area (Å²) in [5.41, 5.74) is 0.518. The molecular formula is C15H12F3NOS.